The third-order valence-corrected chi connectivity index (χ3v) is 6.66. The Morgan fingerprint density at radius 1 is 0.971 bits per heavy atom. The number of benzene rings is 4. The highest BCUT2D eigenvalue weighted by atomic mass is 79.9. The molecule has 0 unspecified atom stereocenters. The van der Waals surface area contributed by atoms with Gasteiger partial charge in [-0.05, 0) is 100 Å². The first-order chi connectivity index (χ1) is 16.9. The van der Waals surface area contributed by atoms with Crippen molar-refractivity contribution in [2.75, 3.05) is 5.32 Å². The molecule has 174 valence electrons. The van der Waals surface area contributed by atoms with Crippen LogP contribution in [-0.4, -0.2) is 5.91 Å². The molecule has 5 heteroatoms. The molecule has 0 aliphatic carbocycles. The van der Waals surface area contributed by atoms with Gasteiger partial charge in [0.05, 0.1) is 4.47 Å². The van der Waals surface area contributed by atoms with Crippen molar-refractivity contribution in [3.8, 4) is 11.8 Å². The second kappa shape index (κ2) is 10.6. The number of ether oxygens (including phenoxy) is 1. The summed E-state index contributed by atoms with van der Waals surface area (Å²) in [4.78, 5) is 12.7. The van der Waals surface area contributed by atoms with Crippen molar-refractivity contribution in [1.29, 1.82) is 5.26 Å². The van der Waals surface area contributed by atoms with Crippen molar-refractivity contribution in [2.45, 2.75) is 27.4 Å². The van der Waals surface area contributed by atoms with Crippen LogP contribution in [0.5, 0.6) is 5.75 Å². The maximum absolute atomic E-state index is 12.7. The van der Waals surface area contributed by atoms with E-state index in [1.165, 1.54) is 16.3 Å². The predicted octanol–water partition coefficient (Wildman–Crippen LogP) is 7.65. The summed E-state index contributed by atoms with van der Waals surface area (Å²) in [5.74, 6) is 0.242. The van der Waals surface area contributed by atoms with Gasteiger partial charge in [0.1, 0.15) is 24.0 Å². The van der Waals surface area contributed by atoms with Crippen molar-refractivity contribution in [1.82, 2.24) is 0 Å². The quantitative estimate of drug-likeness (QED) is 0.208. The Hall–Kier alpha value is -3.88. The number of carbonyl (C=O) groups is 1. The van der Waals surface area contributed by atoms with E-state index in [1.54, 1.807) is 6.08 Å². The topological polar surface area (TPSA) is 62.1 Å². The summed E-state index contributed by atoms with van der Waals surface area (Å²) in [7, 11) is 0. The van der Waals surface area contributed by atoms with Gasteiger partial charge in [-0.2, -0.15) is 5.26 Å². The number of nitrogens with one attached hydrogen (secondary N) is 1. The van der Waals surface area contributed by atoms with Crippen LogP contribution in [-0.2, 0) is 11.4 Å². The summed E-state index contributed by atoms with van der Waals surface area (Å²) >= 11 is 3.57. The van der Waals surface area contributed by atoms with Crippen LogP contribution in [0, 0.1) is 32.1 Å². The van der Waals surface area contributed by atoms with Crippen LogP contribution >= 0.6 is 15.9 Å². The molecule has 0 fully saturated rings. The lowest BCUT2D eigenvalue weighted by Crippen LogP contribution is -2.13. The average Bonchev–Trinajstić information content (AvgIpc) is 2.85. The zero-order chi connectivity index (χ0) is 24.9. The van der Waals surface area contributed by atoms with Gasteiger partial charge in [-0.15, -0.1) is 0 Å². The molecule has 0 bridgehead atoms. The number of nitriles is 1. The molecule has 1 amide bonds. The molecule has 0 heterocycles. The molecular weight excluding hydrogens is 500 g/mol. The predicted molar refractivity (Wildman–Crippen MR) is 145 cm³/mol. The minimum atomic E-state index is -0.446. The van der Waals surface area contributed by atoms with E-state index in [0.717, 1.165) is 26.7 Å². The highest BCUT2D eigenvalue weighted by Gasteiger charge is 2.12. The van der Waals surface area contributed by atoms with E-state index in [1.807, 2.05) is 68.4 Å². The fourth-order valence-electron chi connectivity index (χ4n) is 3.84. The Kier molecular flexibility index (Phi) is 7.33. The molecule has 4 nitrogen and oxygen atoms in total. The maximum atomic E-state index is 12.7. The molecule has 0 saturated heterocycles. The molecule has 4 aromatic carbocycles. The summed E-state index contributed by atoms with van der Waals surface area (Å²) in [6.45, 7) is 6.51. The Balaban J connectivity index is 1.50. The van der Waals surface area contributed by atoms with Crippen molar-refractivity contribution >= 4 is 44.4 Å². The smallest absolute Gasteiger partial charge is 0.266 e. The van der Waals surface area contributed by atoms with E-state index >= 15 is 0 Å². The van der Waals surface area contributed by atoms with Gasteiger partial charge in [-0.3, -0.25) is 4.79 Å². The van der Waals surface area contributed by atoms with Gasteiger partial charge in [0.15, 0.2) is 0 Å². The largest absolute Gasteiger partial charge is 0.488 e. The van der Waals surface area contributed by atoms with E-state index < -0.39 is 5.91 Å². The number of nitrogens with zero attached hydrogens (tertiary/aromatic N) is 1. The van der Waals surface area contributed by atoms with E-state index in [2.05, 4.69) is 52.4 Å². The van der Waals surface area contributed by atoms with Crippen LogP contribution in [0.1, 0.15) is 27.8 Å². The fourth-order valence-corrected chi connectivity index (χ4v) is 4.35. The molecule has 0 saturated carbocycles. The number of anilines is 1. The van der Waals surface area contributed by atoms with Gasteiger partial charge in [0.2, 0.25) is 0 Å². The van der Waals surface area contributed by atoms with Crippen LogP contribution in [0.2, 0.25) is 0 Å². The summed E-state index contributed by atoms with van der Waals surface area (Å²) in [5.41, 5.74) is 5.94. The Morgan fingerprint density at radius 3 is 2.49 bits per heavy atom. The highest BCUT2D eigenvalue weighted by molar-refractivity contribution is 9.10. The molecule has 0 radical (unpaired) electrons. The van der Waals surface area contributed by atoms with Crippen molar-refractivity contribution < 1.29 is 9.53 Å². The van der Waals surface area contributed by atoms with Crippen LogP contribution < -0.4 is 10.1 Å². The van der Waals surface area contributed by atoms with Crippen molar-refractivity contribution in [2.24, 2.45) is 0 Å². The Labute approximate surface area is 214 Å². The van der Waals surface area contributed by atoms with Crippen LogP contribution in [0.25, 0.3) is 16.8 Å². The first-order valence-electron chi connectivity index (χ1n) is 11.3. The van der Waals surface area contributed by atoms with Crippen LogP contribution in [0.15, 0.2) is 82.8 Å². The number of carbonyl (C=O) groups excluding carboxylic acids is 1. The molecule has 0 aromatic heterocycles. The van der Waals surface area contributed by atoms with Gasteiger partial charge in [-0.25, -0.2) is 0 Å². The van der Waals surface area contributed by atoms with Crippen molar-refractivity contribution in [3.63, 3.8) is 0 Å². The number of fused-ring (bicyclic) bond motifs is 1. The molecule has 0 aliphatic heterocycles. The zero-order valence-corrected chi connectivity index (χ0v) is 21.4. The standard InChI is InChI=1S/C30H25BrN2O2/c1-19-9-12-25(14-21(19)3)33-30(34)24(17-32)15-22-10-13-29(28(31)16-22)35-18-27-20(2)8-11-23-6-4-5-7-26(23)27/h4-16H,18H2,1-3H3,(H,33,34)/b24-15+. The zero-order valence-electron chi connectivity index (χ0n) is 19.9. The van der Waals surface area contributed by atoms with E-state index in [9.17, 15) is 10.1 Å². The summed E-state index contributed by atoms with van der Waals surface area (Å²) < 4.78 is 6.88. The summed E-state index contributed by atoms with van der Waals surface area (Å²) in [6, 6.07) is 25.7. The summed E-state index contributed by atoms with van der Waals surface area (Å²) in [6.07, 6.45) is 1.57. The third kappa shape index (κ3) is 5.62. The highest BCUT2D eigenvalue weighted by Crippen LogP contribution is 2.30. The fraction of sp³-hybridized carbons (Fsp3) is 0.133. The number of halogens is 1. The average molecular weight is 525 g/mol. The number of amides is 1. The third-order valence-electron chi connectivity index (χ3n) is 6.04. The Morgan fingerprint density at radius 2 is 1.74 bits per heavy atom. The number of hydrogen-bond acceptors (Lipinski definition) is 3. The van der Waals surface area contributed by atoms with Gasteiger partial charge < -0.3 is 10.1 Å². The molecular formula is C30H25BrN2O2. The van der Waals surface area contributed by atoms with E-state index in [-0.39, 0.29) is 5.57 Å². The maximum Gasteiger partial charge on any atom is 0.266 e. The molecule has 35 heavy (non-hydrogen) atoms. The van der Waals surface area contributed by atoms with Crippen molar-refractivity contribution in [3.05, 3.63) is 111 Å². The van der Waals surface area contributed by atoms with E-state index in [0.29, 0.717) is 18.0 Å². The minimum Gasteiger partial charge on any atom is -0.488 e. The summed E-state index contributed by atoms with van der Waals surface area (Å²) in [5, 5.41) is 14.7. The van der Waals surface area contributed by atoms with Gasteiger partial charge in [0, 0.05) is 11.3 Å². The second-order valence-corrected chi connectivity index (χ2v) is 9.34. The second-order valence-electron chi connectivity index (χ2n) is 8.48. The first-order valence-corrected chi connectivity index (χ1v) is 12.0. The monoisotopic (exact) mass is 524 g/mol. The number of rotatable bonds is 6. The van der Waals surface area contributed by atoms with Gasteiger partial charge in [0.25, 0.3) is 5.91 Å². The molecule has 0 spiro atoms. The first kappa shape index (κ1) is 24.3. The molecule has 4 rings (SSSR count). The molecule has 0 aliphatic rings. The minimum absolute atomic E-state index is 0.0233. The normalized spacial score (nSPS) is 11.2. The van der Waals surface area contributed by atoms with Crippen LogP contribution in [0.4, 0.5) is 5.69 Å². The number of hydrogen-bond donors (Lipinski definition) is 1. The molecule has 1 N–H and O–H groups in total. The number of aryl methyl sites for hydroxylation is 3. The van der Waals surface area contributed by atoms with E-state index in [4.69, 9.17) is 4.74 Å². The Bertz CT molecular complexity index is 1500. The van der Waals surface area contributed by atoms with Gasteiger partial charge in [-0.1, -0.05) is 48.5 Å². The lowest BCUT2D eigenvalue weighted by atomic mass is 10.0. The molecule has 0 atom stereocenters. The SMILES string of the molecule is Cc1ccc(NC(=O)/C(C#N)=C/c2ccc(OCc3c(C)ccc4ccccc34)c(Br)c2)cc1C. The lowest BCUT2D eigenvalue weighted by Gasteiger charge is -2.13. The lowest BCUT2D eigenvalue weighted by molar-refractivity contribution is -0.112. The molecule has 4 aromatic rings. The van der Waals surface area contributed by atoms with Gasteiger partial charge >= 0.3 is 0 Å². The van der Waals surface area contributed by atoms with Crippen LogP contribution in [0.3, 0.4) is 0 Å².